The highest BCUT2D eigenvalue weighted by Gasteiger charge is 2.12. The Kier molecular flexibility index (Phi) is 3.01. The molecule has 1 amide bonds. The highest BCUT2D eigenvalue weighted by Crippen LogP contribution is 2.26. The van der Waals surface area contributed by atoms with Crippen LogP contribution in [-0.4, -0.2) is 23.2 Å². The predicted molar refractivity (Wildman–Crippen MR) is 63.2 cm³/mol. The zero-order valence-corrected chi connectivity index (χ0v) is 9.70. The lowest BCUT2D eigenvalue weighted by Crippen LogP contribution is -2.20. The normalized spacial score (nSPS) is 10.5. The standard InChI is InChI=1S/C12H14N2O3/c1-7-9(6-12(15)14-16)10-5-8(17-2)3-4-11(10)13-7/h3-5,13,16H,6H2,1-2H3,(H,14,15). The molecular formula is C12H14N2O3. The van der Waals surface area contributed by atoms with Gasteiger partial charge in [0.15, 0.2) is 0 Å². The van der Waals surface area contributed by atoms with E-state index in [1.165, 1.54) is 0 Å². The molecule has 0 spiro atoms. The number of aromatic nitrogens is 1. The van der Waals surface area contributed by atoms with Crippen LogP contribution in [0.3, 0.4) is 0 Å². The molecule has 1 aromatic carbocycles. The first kappa shape index (κ1) is 11.5. The molecule has 0 aliphatic carbocycles. The molecule has 0 aliphatic heterocycles. The summed E-state index contributed by atoms with van der Waals surface area (Å²) in [6, 6.07) is 5.63. The number of rotatable bonds is 3. The fourth-order valence-corrected chi connectivity index (χ4v) is 1.92. The highest BCUT2D eigenvalue weighted by atomic mass is 16.5. The maximum atomic E-state index is 11.2. The SMILES string of the molecule is COc1ccc2[nH]c(C)c(CC(=O)NO)c2c1. The maximum absolute atomic E-state index is 11.2. The number of carbonyl (C=O) groups is 1. The molecule has 2 aromatic rings. The van der Waals surface area contributed by atoms with Crippen LogP contribution in [-0.2, 0) is 11.2 Å². The molecule has 0 saturated heterocycles. The van der Waals surface area contributed by atoms with Crippen molar-refractivity contribution in [2.45, 2.75) is 13.3 Å². The summed E-state index contributed by atoms with van der Waals surface area (Å²) in [5, 5.41) is 9.50. The lowest BCUT2D eigenvalue weighted by molar-refractivity contribution is -0.128. The zero-order chi connectivity index (χ0) is 12.4. The minimum atomic E-state index is -0.434. The van der Waals surface area contributed by atoms with Crippen LogP contribution >= 0.6 is 0 Å². The van der Waals surface area contributed by atoms with Gasteiger partial charge >= 0.3 is 0 Å². The molecule has 0 atom stereocenters. The van der Waals surface area contributed by atoms with E-state index in [-0.39, 0.29) is 6.42 Å². The van der Waals surface area contributed by atoms with E-state index < -0.39 is 5.91 Å². The molecule has 0 bridgehead atoms. The monoisotopic (exact) mass is 234 g/mol. The minimum absolute atomic E-state index is 0.134. The topological polar surface area (TPSA) is 74.4 Å². The van der Waals surface area contributed by atoms with Crippen LogP contribution in [0.1, 0.15) is 11.3 Å². The number of benzene rings is 1. The van der Waals surface area contributed by atoms with Gasteiger partial charge in [0, 0.05) is 16.6 Å². The number of H-pyrrole nitrogens is 1. The van der Waals surface area contributed by atoms with Gasteiger partial charge in [-0.05, 0) is 30.7 Å². The Bertz CT molecular complexity index is 560. The lowest BCUT2D eigenvalue weighted by atomic mass is 10.1. The summed E-state index contributed by atoms with van der Waals surface area (Å²) >= 11 is 0. The number of ether oxygens (including phenoxy) is 1. The largest absolute Gasteiger partial charge is 0.497 e. The predicted octanol–water partition coefficient (Wildman–Crippen LogP) is 1.53. The van der Waals surface area contributed by atoms with E-state index in [1.807, 2.05) is 25.1 Å². The number of aryl methyl sites for hydroxylation is 1. The van der Waals surface area contributed by atoms with Crippen molar-refractivity contribution in [2.75, 3.05) is 7.11 Å². The van der Waals surface area contributed by atoms with Crippen LogP contribution in [0, 0.1) is 6.92 Å². The van der Waals surface area contributed by atoms with E-state index in [0.29, 0.717) is 0 Å². The second kappa shape index (κ2) is 4.47. The molecule has 90 valence electrons. The first-order valence-electron chi connectivity index (χ1n) is 5.24. The van der Waals surface area contributed by atoms with Gasteiger partial charge in [-0.25, -0.2) is 5.48 Å². The van der Waals surface area contributed by atoms with Gasteiger partial charge in [-0.2, -0.15) is 0 Å². The number of carbonyl (C=O) groups excluding carboxylic acids is 1. The van der Waals surface area contributed by atoms with Gasteiger partial charge in [-0.15, -0.1) is 0 Å². The molecule has 0 radical (unpaired) electrons. The molecular weight excluding hydrogens is 220 g/mol. The average Bonchev–Trinajstić information content (AvgIpc) is 2.65. The Morgan fingerprint density at radius 3 is 2.94 bits per heavy atom. The third-order valence-electron chi connectivity index (χ3n) is 2.79. The van der Waals surface area contributed by atoms with Crippen LogP contribution in [0.25, 0.3) is 10.9 Å². The number of hydroxylamine groups is 1. The van der Waals surface area contributed by atoms with Crippen LogP contribution in [0.15, 0.2) is 18.2 Å². The lowest BCUT2D eigenvalue weighted by Gasteiger charge is -2.02. The van der Waals surface area contributed by atoms with E-state index in [9.17, 15) is 4.79 Å². The maximum Gasteiger partial charge on any atom is 0.247 e. The third-order valence-corrected chi connectivity index (χ3v) is 2.79. The van der Waals surface area contributed by atoms with Gasteiger partial charge in [0.05, 0.1) is 13.5 Å². The van der Waals surface area contributed by atoms with Crippen molar-refractivity contribution in [1.29, 1.82) is 0 Å². The van der Waals surface area contributed by atoms with Gasteiger partial charge in [0.25, 0.3) is 0 Å². The summed E-state index contributed by atoms with van der Waals surface area (Å²) in [7, 11) is 1.60. The van der Waals surface area contributed by atoms with Gasteiger partial charge in [0.1, 0.15) is 5.75 Å². The van der Waals surface area contributed by atoms with Crippen LogP contribution in [0.2, 0.25) is 0 Å². The van der Waals surface area contributed by atoms with Crippen molar-refractivity contribution in [2.24, 2.45) is 0 Å². The molecule has 5 heteroatoms. The van der Waals surface area contributed by atoms with Crippen LogP contribution in [0.4, 0.5) is 0 Å². The van der Waals surface area contributed by atoms with E-state index in [1.54, 1.807) is 12.6 Å². The molecule has 1 aromatic heterocycles. The molecule has 0 aliphatic rings. The van der Waals surface area contributed by atoms with E-state index >= 15 is 0 Å². The number of hydrogen-bond acceptors (Lipinski definition) is 3. The van der Waals surface area contributed by atoms with Gasteiger partial charge < -0.3 is 9.72 Å². The number of amides is 1. The molecule has 0 saturated carbocycles. The van der Waals surface area contributed by atoms with Crippen molar-refractivity contribution in [1.82, 2.24) is 10.5 Å². The Morgan fingerprint density at radius 2 is 2.29 bits per heavy atom. The molecule has 0 unspecified atom stereocenters. The molecule has 5 nitrogen and oxygen atoms in total. The summed E-state index contributed by atoms with van der Waals surface area (Å²) in [5.41, 5.74) is 4.37. The van der Waals surface area contributed by atoms with Gasteiger partial charge in [0.2, 0.25) is 5.91 Å². The minimum Gasteiger partial charge on any atom is -0.497 e. The summed E-state index contributed by atoms with van der Waals surface area (Å²) in [6.07, 6.45) is 0.134. The first-order valence-corrected chi connectivity index (χ1v) is 5.24. The number of aromatic amines is 1. The van der Waals surface area contributed by atoms with Gasteiger partial charge in [-0.3, -0.25) is 10.0 Å². The quantitative estimate of drug-likeness (QED) is 0.557. The smallest absolute Gasteiger partial charge is 0.247 e. The Morgan fingerprint density at radius 1 is 1.53 bits per heavy atom. The molecule has 2 rings (SSSR count). The second-order valence-corrected chi connectivity index (χ2v) is 3.85. The van der Waals surface area contributed by atoms with Gasteiger partial charge in [-0.1, -0.05) is 0 Å². The first-order chi connectivity index (χ1) is 8.15. The Hall–Kier alpha value is -2.01. The summed E-state index contributed by atoms with van der Waals surface area (Å²) in [5.74, 6) is 0.305. The van der Waals surface area contributed by atoms with Crippen LogP contribution < -0.4 is 10.2 Å². The van der Waals surface area contributed by atoms with E-state index in [4.69, 9.17) is 9.94 Å². The number of hydrogen-bond donors (Lipinski definition) is 3. The average molecular weight is 234 g/mol. The molecule has 3 N–H and O–H groups in total. The third kappa shape index (κ3) is 2.09. The highest BCUT2D eigenvalue weighted by molar-refractivity contribution is 5.90. The number of fused-ring (bicyclic) bond motifs is 1. The molecule has 1 heterocycles. The fraction of sp³-hybridized carbons (Fsp3) is 0.250. The Labute approximate surface area is 98.4 Å². The van der Waals surface area contributed by atoms with Crippen LogP contribution in [0.5, 0.6) is 5.75 Å². The Balaban J connectivity index is 2.52. The van der Waals surface area contributed by atoms with E-state index in [0.717, 1.165) is 27.9 Å². The summed E-state index contributed by atoms with van der Waals surface area (Å²) < 4.78 is 5.15. The summed E-state index contributed by atoms with van der Waals surface area (Å²) in [6.45, 7) is 1.90. The molecule has 17 heavy (non-hydrogen) atoms. The van der Waals surface area contributed by atoms with Crippen molar-refractivity contribution >= 4 is 16.8 Å². The van der Waals surface area contributed by atoms with E-state index in [2.05, 4.69) is 4.98 Å². The number of nitrogens with one attached hydrogen (secondary N) is 2. The van der Waals surface area contributed by atoms with Crippen molar-refractivity contribution in [3.05, 3.63) is 29.5 Å². The number of methoxy groups -OCH3 is 1. The molecule has 0 fully saturated rings. The second-order valence-electron chi connectivity index (χ2n) is 3.85. The van der Waals surface area contributed by atoms with Crippen molar-refractivity contribution in [3.8, 4) is 5.75 Å². The zero-order valence-electron chi connectivity index (χ0n) is 9.70. The fourth-order valence-electron chi connectivity index (χ4n) is 1.92. The van der Waals surface area contributed by atoms with Crippen molar-refractivity contribution < 1.29 is 14.7 Å². The van der Waals surface area contributed by atoms with Crippen molar-refractivity contribution in [3.63, 3.8) is 0 Å². The summed E-state index contributed by atoms with van der Waals surface area (Å²) in [4.78, 5) is 14.4.